The molecule has 7 heteroatoms. The summed E-state index contributed by atoms with van der Waals surface area (Å²) in [7, 11) is 0. The molecule has 0 atom stereocenters. The number of amides is 1. The van der Waals surface area contributed by atoms with Gasteiger partial charge in [-0.1, -0.05) is 28.1 Å². The van der Waals surface area contributed by atoms with Crippen LogP contribution >= 0.6 is 15.9 Å². The maximum absolute atomic E-state index is 12.1. The molecule has 0 bridgehead atoms. The Bertz CT molecular complexity index is 688. The Hall–Kier alpha value is -2.41. The number of nitro benzene ring substituents is 1. The lowest BCUT2D eigenvalue weighted by Crippen LogP contribution is -2.14. The molecule has 20 heavy (non-hydrogen) atoms. The number of nitrogens with two attached hydrogens (primary N) is 1. The van der Waals surface area contributed by atoms with E-state index < -0.39 is 10.8 Å². The second kappa shape index (κ2) is 5.70. The molecule has 0 aromatic heterocycles. The molecule has 0 radical (unpaired) electrons. The Kier molecular flexibility index (Phi) is 3.99. The molecule has 0 saturated carbocycles. The van der Waals surface area contributed by atoms with Gasteiger partial charge in [0, 0.05) is 16.2 Å². The van der Waals surface area contributed by atoms with E-state index in [0.29, 0.717) is 5.69 Å². The number of benzene rings is 2. The van der Waals surface area contributed by atoms with Crippen molar-refractivity contribution in [2.75, 3.05) is 11.1 Å². The van der Waals surface area contributed by atoms with Crippen molar-refractivity contribution in [2.45, 2.75) is 0 Å². The zero-order chi connectivity index (χ0) is 14.7. The van der Waals surface area contributed by atoms with Gasteiger partial charge in [0.1, 0.15) is 5.69 Å². The van der Waals surface area contributed by atoms with Crippen LogP contribution in [0.25, 0.3) is 0 Å². The zero-order valence-corrected chi connectivity index (χ0v) is 11.8. The minimum atomic E-state index is -0.620. The number of anilines is 2. The molecule has 102 valence electrons. The van der Waals surface area contributed by atoms with Gasteiger partial charge in [-0.15, -0.1) is 0 Å². The summed E-state index contributed by atoms with van der Waals surface area (Å²) in [6.45, 7) is 0. The molecular weight excluding hydrogens is 326 g/mol. The summed E-state index contributed by atoms with van der Waals surface area (Å²) in [4.78, 5) is 22.3. The van der Waals surface area contributed by atoms with Crippen LogP contribution in [0.2, 0.25) is 0 Å². The second-order valence-electron chi connectivity index (χ2n) is 3.96. The summed E-state index contributed by atoms with van der Waals surface area (Å²) in [5, 5.41) is 13.4. The van der Waals surface area contributed by atoms with Gasteiger partial charge in [0.2, 0.25) is 0 Å². The third-order valence-corrected chi connectivity index (χ3v) is 3.10. The third-order valence-electron chi connectivity index (χ3n) is 2.61. The Labute approximate surface area is 122 Å². The number of carbonyl (C=O) groups excluding carboxylic acids is 1. The van der Waals surface area contributed by atoms with E-state index in [4.69, 9.17) is 5.73 Å². The van der Waals surface area contributed by atoms with E-state index in [1.54, 1.807) is 18.2 Å². The quantitative estimate of drug-likeness (QED) is 0.511. The van der Waals surface area contributed by atoms with E-state index in [0.717, 1.165) is 4.47 Å². The first-order valence-electron chi connectivity index (χ1n) is 5.59. The Morgan fingerprint density at radius 2 is 1.95 bits per heavy atom. The van der Waals surface area contributed by atoms with Gasteiger partial charge in [-0.2, -0.15) is 0 Å². The van der Waals surface area contributed by atoms with Crippen LogP contribution in [0, 0.1) is 10.1 Å². The first-order chi connectivity index (χ1) is 9.49. The molecule has 0 spiro atoms. The predicted molar refractivity (Wildman–Crippen MR) is 79.6 cm³/mol. The summed E-state index contributed by atoms with van der Waals surface area (Å²) in [6.07, 6.45) is 0. The van der Waals surface area contributed by atoms with Gasteiger partial charge in [-0.3, -0.25) is 14.9 Å². The van der Waals surface area contributed by atoms with Crippen LogP contribution in [0.15, 0.2) is 46.9 Å². The number of nitrogens with one attached hydrogen (secondary N) is 1. The maximum atomic E-state index is 12.1. The number of carbonyl (C=O) groups is 1. The summed E-state index contributed by atoms with van der Waals surface area (Å²) in [5.74, 6) is -0.496. The summed E-state index contributed by atoms with van der Waals surface area (Å²) in [5.41, 5.74) is 5.86. The van der Waals surface area contributed by atoms with Crippen molar-refractivity contribution in [1.82, 2.24) is 0 Å². The lowest BCUT2D eigenvalue weighted by atomic mass is 10.1. The van der Waals surface area contributed by atoms with Crippen molar-refractivity contribution in [3.63, 3.8) is 0 Å². The molecule has 0 aliphatic carbocycles. The minimum absolute atomic E-state index is 0.0687. The average molecular weight is 336 g/mol. The SMILES string of the molecule is Nc1c(C(=O)Nc2cccc(Br)c2)cccc1[N+](=O)[O-]. The molecule has 2 aromatic rings. The zero-order valence-electron chi connectivity index (χ0n) is 10.2. The van der Waals surface area contributed by atoms with Gasteiger partial charge in [0.05, 0.1) is 10.5 Å². The Morgan fingerprint density at radius 3 is 2.60 bits per heavy atom. The minimum Gasteiger partial charge on any atom is -0.393 e. The van der Waals surface area contributed by atoms with Gasteiger partial charge in [0.15, 0.2) is 0 Å². The lowest BCUT2D eigenvalue weighted by molar-refractivity contribution is -0.383. The number of nitro groups is 1. The van der Waals surface area contributed by atoms with Crippen LogP contribution in [-0.2, 0) is 0 Å². The fourth-order valence-corrected chi connectivity index (χ4v) is 2.07. The largest absolute Gasteiger partial charge is 0.393 e. The van der Waals surface area contributed by atoms with E-state index >= 15 is 0 Å². The van der Waals surface area contributed by atoms with Gasteiger partial charge in [0.25, 0.3) is 11.6 Å². The van der Waals surface area contributed by atoms with Crippen molar-refractivity contribution in [1.29, 1.82) is 0 Å². The van der Waals surface area contributed by atoms with Gasteiger partial charge in [-0.05, 0) is 24.3 Å². The van der Waals surface area contributed by atoms with E-state index in [9.17, 15) is 14.9 Å². The fraction of sp³-hybridized carbons (Fsp3) is 0. The van der Waals surface area contributed by atoms with Crippen LogP contribution in [0.5, 0.6) is 0 Å². The highest BCUT2D eigenvalue weighted by Gasteiger charge is 2.18. The number of hydrogen-bond donors (Lipinski definition) is 2. The van der Waals surface area contributed by atoms with Crippen LogP contribution in [-0.4, -0.2) is 10.8 Å². The molecule has 0 saturated heterocycles. The number of nitrogens with zero attached hydrogens (tertiary/aromatic N) is 1. The number of hydrogen-bond acceptors (Lipinski definition) is 4. The molecule has 2 rings (SSSR count). The highest BCUT2D eigenvalue weighted by Crippen LogP contribution is 2.25. The van der Waals surface area contributed by atoms with Crippen molar-refractivity contribution in [2.24, 2.45) is 0 Å². The second-order valence-corrected chi connectivity index (χ2v) is 4.88. The van der Waals surface area contributed by atoms with Gasteiger partial charge >= 0.3 is 0 Å². The van der Waals surface area contributed by atoms with Gasteiger partial charge in [-0.25, -0.2) is 0 Å². The van der Waals surface area contributed by atoms with E-state index in [1.807, 2.05) is 6.07 Å². The van der Waals surface area contributed by atoms with Crippen LogP contribution in [0.4, 0.5) is 17.1 Å². The monoisotopic (exact) mass is 335 g/mol. The van der Waals surface area contributed by atoms with Crippen LogP contribution < -0.4 is 11.1 Å². The molecule has 3 N–H and O–H groups in total. The van der Waals surface area contributed by atoms with Crippen LogP contribution in [0.1, 0.15) is 10.4 Å². The first kappa shape index (κ1) is 14.0. The molecule has 2 aromatic carbocycles. The topological polar surface area (TPSA) is 98.3 Å². The predicted octanol–water partition coefficient (Wildman–Crippen LogP) is 3.19. The van der Waals surface area contributed by atoms with Crippen molar-refractivity contribution in [3.8, 4) is 0 Å². The molecule has 0 aliphatic heterocycles. The Morgan fingerprint density at radius 1 is 1.25 bits per heavy atom. The third kappa shape index (κ3) is 2.94. The molecule has 1 amide bonds. The molecule has 0 heterocycles. The standard InChI is InChI=1S/C13H10BrN3O3/c14-8-3-1-4-9(7-8)16-13(18)10-5-2-6-11(12(10)15)17(19)20/h1-7H,15H2,(H,16,18). The maximum Gasteiger partial charge on any atom is 0.292 e. The molecule has 0 aliphatic rings. The summed E-state index contributed by atoms with van der Waals surface area (Å²) >= 11 is 3.29. The first-order valence-corrected chi connectivity index (χ1v) is 6.38. The number of rotatable bonds is 3. The van der Waals surface area contributed by atoms with Crippen molar-refractivity contribution >= 4 is 38.9 Å². The number of halogens is 1. The fourth-order valence-electron chi connectivity index (χ4n) is 1.67. The van der Waals surface area contributed by atoms with E-state index in [-0.39, 0.29) is 16.9 Å². The number of nitrogen functional groups attached to an aromatic ring is 1. The molecule has 0 unspecified atom stereocenters. The van der Waals surface area contributed by atoms with Crippen LogP contribution in [0.3, 0.4) is 0 Å². The highest BCUT2D eigenvalue weighted by molar-refractivity contribution is 9.10. The number of para-hydroxylation sites is 1. The summed E-state index contributed by atoms with van der Waals surface area (Å²) in [6, 6.07) is 11.1. The van der Waals surface area contributed by atoms with Gasteiger partial charge < -0.3 is 11.1 Å². The molecule has 0 fully saturated rings. The summed E-state index contributed by atoms with van der Waals surface area (Å²) < 4.78 is 0.808. The molecular formula is C13H10BrN3O3. The Balaban J connectivity index is 2.30. The normalized spacial score (nSPS) is 10.1. The molecule has 6 nitrogen and oxygen atoms in total. The van der Waals surface area contributed by atoms with Crippen molar-refractivity contribution < 1.29 is 9.72 Å². The van der Waals surface area contributed by atoms with Crippen molar-refractivity contribution in [3.05, 3.63) is 62.6 Å². The van der Waals surface area contributed by atoms with E-state index in [2.05, 4.69) is 21.2 Å². The smallest absolute Gasteiger partial charge is 0.292 e. The van der Waals surface area contributed by atoms with E-state index in [1.165, 1.54) is 18.2 Å². The average Bonchev–Trinajstić information content (AvgIpc) is 2.38. The highest BCUT2D eigenvalue weighted by atomic mass is 79.9. The lowest BCUT2D eigenvalue weighted by Gasteiger charge is -2.08.